The Balaban J connectivity index is 2.66. The normalized spacial score (nSPS) is 15.1. The van der Waals surface area contributed by atoms with Crippen LogP contribution in [0.3, 0.4) is 0 Å². The third-order valence-corrected chi connectivity index (χ3v) is 3.40. The summed E-state index contributed by atoms with van der Waals surface area (Å²) in [6.45, 7) is 8.51. The molecule has 1 aromatic rings. The minimum absolute atomic E-state index is 0.102. The van der Waals surface area contributed by atoms with Crippen molar-refractivity contribution in [2.75, 3.05) is 7.11 Å². The van der Waals surface area contributed by atoms with Crippen LogP contribution in [0.5, 0.6) is 0 Å². The molecule has 2 unspecified atom stereocenters. The number of rotatable bonds is 6. The molecule has 2 atom stereocenters. The SMILES string of the molecule is COC(C(C)C)C(O)Cc1ccc(C(C)C)cc1. The zero-order chi connectivity index (χ0) is 13.7. The third-order valence-electron chi connectivity index (χ3n) is 3.40. The predicted octanol–water partition coefficient (Wildman–Crippen LogP) is 3.38. The van der Waals surface area contributed by atoms with Crippen LogP contribution in [0.2, 0.25) is 0 Å². The Morgan fingerprint density at radius 2 is 1.61 bits per heavy atom. The molecular weight excluding hydrogens is 224 g/mol. The molecule has 102 valence electrons. The van der Waals surface area contributed by atoms with E-state index < -0.39 is 6.10 Å². The first kappa shape index (κ1) is 15.2. The molecule has 1 N–H and O–H groups in total. The second-order valence-corrected chi connectivity index (χ2v) is 5.61. The van der Waals surface area contributed by atoms with Crippen LogP contribution in [0.25, 0.3) is 0 Å². The van der Waals surface area contributed by atoms with Crippen molar-refractivity contribution in [3.8, 4) is 0 Å². The average Bonchev–Trinajstić information content (AvgIpc) is 2.29. The molecule has 0 radical (unpaired) electrons. The van der Waals surface area contributed by atoms with Crippen LogP contribution in [0.1, 0.15) is 44.7 Å². The Labute approximate surface area is 111 Å². The maximum Gasteiger partial charge on any atom is 0.0856 e. The summed E-state index contributed by atoms with van der Waals surface area (Å²) in [6.07, 6.45) is 0.101. The van der Waals surface area contributed by atoms with Crippen molar-refractivity contribution >= 4 is 0 Å². The van der Waals surface area contributed by atoms with Gasteiger partial charge >= 0.3 is 0 Å². The van der Waals surface area contributed by atoms with E-state index in [9.17, 15) is 5.11 Å². The number of ether oxygens (including phenoxy) is 1. The lowest BCUT2D eigenvalue weighted by Gasteiger charge is -2.25. The van der Waals surface area contributed by atoms with Crippen LogP contribution in [0, 0.1) is 5.92 Å². The number of hydrogen-bond donors (Lipinski definition) is 1. The fraction of sp³-hybridized carbons (Fsp3) is 0.625. The molecule has 0 saturated carbocycles. The van der Waals surface area contributed by atoms with Gasteiger partial charge < -0.3 is 9.84 Å². The second kappa shape index (κ2) is 6.91. The van der Waals surface area contributed by atoms with Gasteiger partial charge in [0, 0.05) is 13.5 Å². The summed E-state index contributed by atoms with van der Waals surface area (Å²) in [4.78, 5) is 0. The maximum absolute atomic E-state index is 10.2. The summed E-state index contributed by atoms with van der Waals surface area (Å²) in [5.41, 5.74) is 2.50. The first-order chi connectivity index (χ1) is 8.45. The van der Waals surface area contributed by atoms with E-state index in [0.29, 0.717) is 18.3 Å². The van der Waals surface area contributed by atoms with Gasteiger partial charge in [-0.1, -0.05) is 52.0 Å². The first-order valence-corrected chi connectivity index (χ1v) is 6.75. The quantitative estimate of drug-likeness (QED) is 0.838. The van der Waals surface area contributed by atoms with Crippen LogP contribution < -0.4 is 0 Å². The minimum atomic E-state index is -0.445. The molecule has 2 nitrogen and oxygen atoms in total. The highest BCUT2D eigenvalue weighted by Crippen LogP contribution is 2.18. The van der Waals surface area contributed by atoms with Gasteiger partial charge in [0.05, 0.1) is 12.2 Å². The molecule has 18 heavy (non-hydrogen) atoms. The lowest BCUT2D eigenvalue weighted by molar-refractivity contribution is -0.0367. The molecule has 0 aliphatic heterocycles. The van der Waals surface area contributed by atoms with E-state index in [0.717, 1.165) is 5.56 Å². The molecule has 0 spiro atoms. The Kier molecular flexibility index (Phi) is 5.83. The Morgan fingerprint density at radius 1 is 1.06 bits per heavy atom. The molecule has 0 amide bonds. The molecule has 1 rings (SSSR count). The number of aliphatic hydroxyl groups excluding tert-OH is 1. The third kappa shape index (κ3) is 4.11. The van der Waals surface area contributed by atoms with Crippen LogP contribution in [0.15, 0.2) is 24.3 Å². The number of benzene rings is 1. The summed E-state index contributed by atoms with van der Waals surface area (Å²) < 4.78 is 5.36. The molecule has 0 bridgehead atoms. The van der Waals surface area contributed by atoms with Gasteiger partial charge in [0.15, 0.2) is 0 Å². The van der Waals surface area contributed by atoms with Crippen molar-refractivity contribution in [1.29, 1.82) is 0 Å². The zero-order valence-corrected chi connectivity index (χ0v) is 12.2. The molecule has 1 aromatic carbocycles. The van der Waals surface area contributed by atoms with Crippen molar-refractivity contribution in [2.45, 2.75) is 52.2 Å². The Hall–Kier alpha value is -0.860. The van der Waals surface area contributed by atoms with Crippen molar-refractivity contribution in [3.63, 3.8) is 0 Å². The molecular formula is C16H26O2. The second-order valence-electron chi connectivity index (χ2n) is 5.61. The summed E-state index contributed by atoms with van der Waals surface area (Å²) >= 11 is 0. The van der Waals surface area contributed by atoms with Crippen LogP contribution in [-0.4, -0.2) is 24.4 Å². The molecule has 0 saturated heterocycles. The fourth-order valence-corrected chi connectivity index (χ4v) is 2.27. The van der Waals surface area contributed by atoms with E-state index in [4.69, 9.17) is 4.74 Å². The van der Waals surface area contributed by atoms with Crippen molar-refractivity contribution in [1.82, 2.24) is 0 Å². The summed E-state index contributed by atoms with van der Waals surface area (Å²) in [6, 6.07) is 8.49. The first-order valence-electron chi connectivity index (χ1n) is 6.75. The van der Waals surface area contributed by atoms with Gasteiger partial charge in [-0.05, 0) is 23.0 Å². The zero-order valence-electron chi connectivity index (χ0n) is 12.2. The lowest BCUT2D eigenvalue weighted by atomic mass is 9.94. The van der Waals surface area contributed by atoms with E-state index in [1.165, 1.54) is 5.56 Å². The Bertz CT molecular complexity index is 341. The van der Waals surface area contributed by atoms with Crippen LogP contribution in [-0.2, 0) is 11.2 Å². The van der Waals surface area contributed by atoms with E-state index in [1.54, 1.807) is 7.11 Å². The van der Waals surface area contributed by atoms with Crippen molar-refractivity contribution in [3.05, 3.63) is 35.4 Å². The van der Waals surface area contributed by atoms with Crippen molar-refractivity contribution in [2.24, 2.45) is 5.92 Å². The highest BCUT2D eigenvalue weighted by molar-refractivity contribution is 5.25. The topological polar surface area (TPSA) is 29.5 Å². The van der Waals surface area contributed by atoms with E-state index in [-0.39, 0.29) is 6.10 Å². The summed E-state index contributed by atoms with van der Waals surface area (Å²) in [5, 5.41) is 10.2. The highest BCUT2D eigenvalue weighted by Gasteiger charge is 2.22. The molecule has 2 heteroatoms. The number of hydrogen-bond acceptors (Lipinski definition) is 2. The summed E-state index contributed by atoms with van der Waals surface area (Å²) in [5.74, 6) is 0.867. The highest BCUT2D eigenvalue weighted by atomic mass is 16.5. The smallest absolute Gasteiger partial charge is 0.0856 e. The summed E-state index contributed by atoms with van der Waals surface area (Å²) in [7, 11) is 1.66. The Morgan fingerprint density at radius 3 is 2.00 bits per heavy atom. The monoisotopic (exact) mass is 250 g/mol. The maximum atomic E-state index is 10.2. The molecule has 0 aliphatic rings. The van der Waals surface area contributed by atoms with Gasteiger partial charge in [-0.3, -0.25) is 0 Å². The van der Waals surface area contributed by atoms with Gasteiger partial charge in [-0.25, -0.2) is 0 Å². The van der Waals surface area contributed by atoms with Crippen LogP contribution in [0.4, 0.5) is 0 Å². The molecule has 0 aliphatic carbocycles. The van der Waals surface area contributed by atoms with E-state index in [1.807, 2.05) is 0 Å². The standard InChI is InChI=1S/C16H26O2/c1-11(2)14-8-6-13(7-9-14)10-15(17)16(18-5)12(3)4/h6-9,11-12,15-17H,10H2,1-5H3. The largest absolute Gasteiger partial charge is 0.390 e. The van der Waals surface area contributed by atoms with Gasteiger partial charge in [0.25, 0.3) is 0 Å². The minimum Gasteiger partial charge on any atom is -0.390 e. The van der Waals surface area contributed by atoms with Gasteiger partial charge in [0.2, 0.25) is 0 Å². The lowest BCUT2D eigenvalue weighted by Crippen LogP contribution is -2.34. The predicted molar refractivity (Wildman–Crippen MR) is 75.9 cm³/mol. The van der Waals surface area contributed by atoms with Gasteiger partial charge in [-0.2, -0.15) is 0 Å². The van der Waals surface area contributed by atoms with Gasteiger partial charge in [0.1, 0.15) is 0 Å². The van der Waals surface area contributed by atoms with Crippen LogP contribution >= 0.6 is 0 Å². The number of methoxy groups -OCH3 is 1. The fourth-order valence-electron chi connectivity index (χ4n) is 2.27. The van der Waals surface area contributed by atoms with E-state index in [2.05, 4.69) is 52.0 Å². The number of aliphatic hydroxyl groups is 1. The molecule has 0 heterocycles. The van der Waals surface area contributed by atoms with Crippen molar-refractivity contribution < 1.29 is 9.84 Å². The van der Waals surface area contributed by atoms with E-state index >= 15 is 0 Å². The molecule has 0 fully saturated rings. The van der Waals surface area contributed by atoms with Gasteiger partial charge in [-0.15, -0.1) is 0 Å². The molecule has 0 aromatic heterocycles. The average molecular weight is 250 g/mol.